The molecule has 33 heavy (non-hydrogen) atoms. The molecule has 3 aromatic rings. The molecule has 0 saturated carbocycles. The Bertz CT molecular complexity index is 1350. The summed E-state index contributed by atoms with van der Waals surface area (Å²) in [4.78, 5) is 37.3. The molecule has 0 spiro atoms. The van der Waals surface area contributed by atoms with E-state index in [1.165, 1.54) is 36.3 Å². The first kappa shape index (κ1) is 22.4. The fourth-order valence-corrected chi connectivity index (χ4v) is 3.89. The zero-order valence-electron chi connectivity index (χ0n) is 16.9. The number of carbonyl (C=O) groups is 2. The second kappa shape index (κ2) is 8.96. The fourth-order valence-electron chi connectivity index (χ4n) is 3.22. The molecule has 0 atom stereocenters. The summed E-state index contributed by atoms with van der Waals surface area (Å²) in [5.74, 6) is -0.437. The predicted molar refractivity (Wildman–Crippen MR) is 128 cm³/mol. The number of thiocarbonyl (C=S) groups is 1. The van der Waals surface area contributed by atoms with Crippen molar-refractivity contribution in [3.05, 3.63) is 80.5 Å². The number of furan rings is 1. The van der Waals surface area contributed by atoms with Crippen molar-refractivity contribution in [3.8, 4) is 17.1 Å². The summed E-state index contributed by atoms with van der Waals surface area (Å²) in [5.41, 5.74) is 0.669. The number of nitrogens with one attached hydrogen (secondary N) is 1. The van der Waals surface area contributed by atoms with Crippen molar-refractivity contribution in [2.75, 3.05) is 12.0 Å². The van der Waals surface area contributed by atoms with Crippen LogP contribution in [0.2, 0.25) is 0 Å². The standard InChI is InChI=1S/C22H14BrN3O6S/c1-31-19-10-14(26(29)30)5-7-16(19)18-8-6-15(32-18)11-17-20(27)24-22(33)25(21(17)28)13-4-2-3-12(23)9-13/h2-11H,1H3,(H,24,27,33)/b17-11-. The van der Waals surface area contributed by atoms with Crippen molar-refractivity contribution in [1.82, 2.24) is 5.32 Å². The summed E-state index contributed by atoms with van der Waals surface area (Å²) in [5, 5.41) is 13.5. The Morgan fingerprint density at radius 3 is 2.67 bits per heavy atom. The minimum absolute atomic E-state index is 0.0315. The van der Waals surface area contributed by atoms with Crippen LogP contribution in [0.25, 0.3) is 17.4 Å². The SMILES string of the molecule is COc1cc([N+](=O)[O-])ccc1-c1ccc(/C=C2/C(=O)NC(=S)N(c3cccc(Br)c3)C2=O)o1. The van der Waals surface area contributed by atoms with Crippen molar-refractivity contribution < 1.29 is 23.7 Å². The van der Waals surface area contributed by atoms with E-state index in [1.807, 2.05) is 0 Å². The van der Waals surface area contributed by atoms with Crippen molar-refractivity contribution in [3.63, 3.8) is 0 Å². The predicted octanol–water partition coefficient (Wildman–Crippen LogP) is 4.46. The summed E-state index contributed by atoms with van der Waals surface area (Å²) in [6.45, 7) is 0. The van der Waals surface area contributed by atoms with Crippen LogP contribution in [-0.2, 0) is 9.59 Å². The van der Waals surface area contributed by atoms with E-state index in [1.54, 1.807) is 36.4 Å². The highest BCUT2D eigenvalue weighted by Gasteiger charge is 2.34. The third-order valence-corrected chi connectivity index (χ3v) is 5.52. The first-order chi connectivity index (χ1) is 15.8. The van der Waals surface area contributed by atoms with Gasteiger partial charge in [0.1, 0.15) is 22.8 Å². The fraction of sp³-hybridized carbons (Fsp3) is 0.0455. The Kier molecular flexibility index (Phi) is 6.07. The Morgan fingerprint density at radius 2 is 1.97 bits per heavy atom. The van der Waals surface area contributed by atoms with Gasteiger partial charge in [-0.3, -0.25) is 29.9 Å². The number of nitro benzene ring substituents is 1. The van der Waals surface area contributed by atoms with E-state index in [-0.39, 0.29) is 27.9 Å². The van der Waals surface area contributed by atoms with Crippen molar-refractivity contribution in [1.29, 1.82) is 0 Å². The lowest BCUT2D eigenvalue weighted by molar-refractivity contribution is -0.384. The highest BCUT2D eigenvalue weighted by molar-refractivity contribution is 9.10. The minimum Gasteiger partial charge on any atom is -0.496 e. The maximum Gasteiger partial charge on any atom is 0.273 e. The number of amides is 2. The summed E-state index contributed by atoms with van der Waals surface area (Å²) >= 11 is 8.55. The van der Waals surface area contributed by atoms with Gasteiger partial charge in [-0.25, -0.2) is 0 Å². The molecule has 4 rings (SSSR count). The van der Waals surface area contributed by atoms with Gasteiger partial charge in [-0.05, 0) is 54.7 Å². The quantitative estimate of drug-likeness (QED) is 0.171. The molecule has 0 radical (unpaired) electrons. The van der Waals surface area contributed by atoms with Gasteiger partial charge in [0.25, 0.3) is 17.5 Å². The van der Waals surface area contributed by atoms with Crippen LogP contribution in [0.15, 0.2) is 69.1 Å². The number of hydrogen-bond acceptors (Lipinski definition) is 7. The van der Waals surface area contributed by atoms with Crippen molar-refractivity contribution in [2.45, 2.75) is 0 Å². The van der Waals surface area contributed by atoms with Crippen LogP contribution in [0.4, 0.5) is 11.4 Å². The highest BCUT2D eigenvalue weighted by atomic mass is 79.9. The number of hydrogen-bond donors (Lipinski definition) is 1. The smallest absolute Gasteiger partial charge is 0.273 e. The van der Waals surface area contributed by atoms with Crippen LogP contribution in [0.1, 0.15) is 5.76 Å². The first-order valence-electron chi connectivity index (χ1n) is 9.38. The molecule has 1 saturated heterocycles. The van der Waals surface area contributed by atoms with Crippen molar-refractivity contribution in [2.24, 2.45) is 0 Å². The molecule has 166 valence electrons. The Morgan fingerprint density at radius 1 is 1.18 bits per heavy atom. The molecule has 2 aromatic carbocycles. The molecule has 0 bridgehead atoms. The molecule has 0 unspecified atom stereocenters. The second-order valence-electron chi connectivity index (χ2n) is 6.78. The van der Waals surface area contributed by atoms with Gasteiger partial charge in [0, 0.05) is 10.5 Å². The number of nitrogens with zero attached hydrogens (tertiary/aromatic N) is 2. The van der Waals surface area contributed by atoms with Crippen LogP contribution in [0.3, 0.4) is 0 Å². The van der Waals surface area contributed by atoms with E-state index in [0.717, 1.165) is 4.47 Å². The second-order valence-corrected chi connectivity index (χ2v) is 8.08. The maximum atomic E-state index is 13.1. The average molecular weight is 528 g/mol. The van der Waals surface area contributed by atoms with Gasteiger partial charge in [-0.1, -0.05) is 22.0 Å². The number of nitro groups is 1. The molecular formula is C22H14BrN3O6S. The van der Waals surface area contributed by atoms with E-state index in [4.69, 9.17) is 21.4 Å². The topological polar surface area (TPSA) is 115 Å². The van der Waals surface area contributed by atoms with E-state index in [2.05, 4.69) is 21.2 Å². The van der Waals surface area contributed by atoms with E-state index in [9.17, 15) is 19.7 Å². The van der Waals surface area contributed by atoms with Crippen LogP contribution < -0.4 is 15.0 Å². The minimum atomic E-state index is -0.651. The number of carbonyl (C=O) groups excluding carboxylic acids is 2. The monoisotopic (exact) mass is 527 g/mol. The van der Waals surface area contributed by atoms with Crippen LogP contribution in [0.5, 0.6) is 5.75 Å². The third-order valence-electron chi connectivity index (χ3n) is 4.74. The molecule has 1 N–H and O–H groups in total. The lowest BCUT2D eigenvalue weighted by atomic mass is 10.1. The Balaban J connectivity index is 1.68. The van der Waals surface area contributed by atoms with Gasteiger partial charge in [-0.15, -0.1) is 0 Å². The van der Waals surface area contributed by atoms with Gasteiger partial charge in [0.05, 0.1) is 29.4 Å². The molecule has 1 aliphatic heterocycles. The molecule has 1 fully saturated rings. The van der Waals surface area contributed by atoms with Crippen molar-refractivity contribution >= 4 is 62.5 Å². The number of non-ortho nitro benzene ring substituents is 1. The van der Waals surface area contributed by atoms with Gasteiger partial charge in [-0.2, -0.15) is 0 Å². The normalized spacial score (nSPS) is 15.0. The summed E-state index contributed by atoms with van der Waals surface area (Å²) in [6.07, 6.45) is 1.31. The number of rotatable bonds is 5. The lowest BCUT2D eigenvalue weighted by Gasteiger charge is -2.28. The van der Waals surface area contributed by atoms with E-state index in [0.29, 0.717) is 17.0 Å². The zero-order chi connectivity index (χ0) is 23.7. The van der Waals surface area contributed by atoms with Crippen LogP contribution >= 0.6 is 28.1 Å². The van der Waals surface area contributed by atoms with Gasteiger partial charge < -0.3 is 9.15 Å². The molecule has 2 heterocycles. The highest BCUT2D eigenvalue weighted by Crippen LogP contribution is 2.35. The average Bonchev–Trinajstić information content (AvgIpc) is 3.24. The Labute approximate surface area is 200 Å². The number of ether oxygens (including phenoxy) is 1. The summed E-state index contributed by atoms with van der Waals surface area (Å²) < 4.78 is 11.8. The lowest BCUT2D eigenvalue weighted by Crippen LogP contribution is -2.54. The molecule has 0 aliphatic carbocycles. The molecule has 9 nitrogen and oxygen atoms in total. The molecule has 2 amide bonds. The number of anilines is 1. The van der Waals surface area contributed by atoms with E-state index < -0.39 is 16.7 Å². The van der Waals surface area contributed by atoms with E-state index >= 15 is 0 Å². The van der Waals surface area contributed by atoms with Gasteiger partial charge in [0.15, 0.2) is 5.11 Å². The largest absolute Gasteiger partial charge is 0.496 e. The molecule has 1 aromatic heterocycles. The van der Waals surface area contributed by atoms with Crippen LogP contribution in [0, 0.1) is 10.1 Å². The number of methoxy groups -OCH3 is 1. The third kappa shape index (κ3) is 4.41. The number of benzene rings is 2. The number of halogens is 1. The summed E-state index contributed by atoms with van der Waals surface area (Å²) in [7, 11) is 1.39. The first-order valence-corrected chi connectivity index (χ1v) is 10.6. The van der Waals surface area contributed by atoms with Crippen LogP contribution in [-0.4, -0.2) is 29.0 Å². The summed E-state index contributed by atoms with van der Waals surface area (Å²) in [6, 6.07) is 14.2. The van der Waals surface area contributed by atoms with Gasteiger partial charge >= 0.3 is 0 Å². The van der Waals surface area contributed by atoms with Gasteiger partial charge in [0.2, 0.25) is 0 Å². The Hall–Kier alpha value is -3.83. The zero-order valence-corrected chi connectivity index (χ0v) is 19.3. The maximum absolute atomic E-state index is 13.1. The molecular weight excluding hydrogens is 514 g/mol. The molecule has 1 aliphatic rings. The molecule has 11 heteroatoms.